The molecular formula is C16H17BrN2OS. The lowest BCUT2D eigenvalue weighted by molar-refractivity contribution is -0.123. The second-order valence-electron chi connectivity index (χ2n) is 4.76. The molecule has 1 atom stereocenters. The van der Waals surface area contributed by atoms with Gasteiger partial charge in [0.05, 0.1) is 0 Å². The first-order valence-electron chi connectivity index (χ1n) is 6.55. The van der Waals surface area contributed by atoms with Crippen LogP contribution in [0.15, 0.2) is 64.0 Å². The maximum atomic E-state index is 11.8. The average molecular weight is 365 g/mol. The molecule has 1 unspecified atom stereocenters. The highest BCUT2D eigenvalue weighted by Gasteiger charge is 2.33. The number of nitrogens with two attached hydrogens (primary N) is 2. The van der Waals surface area contributed by atoms with Gasteiger partial charge in [-0.2, -0.15) is 0 Å². The lowest BCUT2D eigenvalue weighted by Crippen LogP contribution is -2.49. The third-order valence-electron chi connectivity index (χ3n) is 3.29. The van der Waals surface area contributed by atoms with Gasteiger partial charge in [0.2, 0.25) is 5.91 Å². The van der Waals surface area contributed by atoms with Gasteiger partial charge >= 0.3 is 0 Å². The summed E-state index contributed by atoms with van der Waals surface area (Å²) in [5.41, 5.74) is 11.4. The molecule has 0 aliphatic rings. The van der Waals surface area contributed by atoms with E-state index in [4.69, 9.17) is 11.5 Å². The summed E-state index contributed by atoms with van der Waals surface area (Å²) in [5, 5.41) is 0. The summed E-state index contributed by atoms with van der Waals surface area (Å²) in [6, 6.07) is 17.3. The molecule has 3 nitrogen and oxygen atoms in total. The van der Waals surface area contributed by atoms with Gasteiger partial charge in [0, 0.05) is 15.1 Å². The molecule has 5 heteroatoms. The minimum absolute atomic E-state index is 0.490. The predicted molar refractivity (Wildman–Crippen MR) is 91.0 cm³/mol. The number of benzene rings is 2. The molecule has 0 aromatic heterocycles. The molecule has 0 aliphatic carbocycles. The zero-order valence-corrected chi connectivity index (χ0v) is 13.9. The quantitative estimate of drug-likeness (QED) is 0.772. The van der Waals surface area contributed by atoms with Crippen LogP contribution in [-0.2, 0) is 10.3 Å². The number of hydrogen-bond donors (Lipinski definition) is 2. The highest BCUT2D eigenvalue weighted by atomic mass is 79.9. The van der Waals surface area contributed by atoms with Crippen molar-refractivity contribution in [3.63, 3.8) is 0 Å². The topological polar surface area (TPSA) is 69.1 Å². The van der Waals surface area contributed by atoms with Crippen molar-refractivity contribution in [2.24, 2.45) is 11.5 Å². The van der Waals surface area contributed by atoms with Gasteiger partial charge in [0.1, 0.15) is 5.54 Å². The molecule has 2 aromatic carbocycles. The number of hydrogen-bond acceptors (Lipinski definition) is 3. The van der Waals surface area contributed by atoms with Gasteiger partial charge in [-0.15, -0.1) is 11.8 Å². The summed E-state index contributed by atoms with van der Waals surface area (Å²) in [7, 11) is 0. The molecule has 2 rings (SSSR count). The van der Waals surface area contributed by atoms with Gasteiger partial charge in [0.15, 0.2) is 0 Å². The summed E-state index contributed by atoms with van der Waals surface area (Å²) in [4.78, 5) is 12.9. The Morgan fingerprint density at radius 2 is 1.86 bits per heavy atom. The Bertz CT molecular complexity index is 621. The van der Waals surface area contributed by atoms with E-state index in [1.165, 1.54) is 0 Å². The molecule has 0 fully saturated rings. The third kappa shape index (κ3) is 4.09. The van der Waals surface area contributed by atoms with Gasteiger partial charge in [0.25, 0.3) is 0 Å². The predicted octanol–water partition coefficient (Wildman–Crippen LogP) is 3.27. The van der Waals surface area contributed by atoms with Crippen LogP contribution in [0, 0.1) is 0 Å². The Morgan fingerprint density at radius 1 is 1.14 bits per heavy atom. The number of rotatable bonds is 6. The number of primary amides is 1. The number of amides is 1. The van der Waals surface area contributed by atoms with Crippen molar-refractivity contribution in [1.82, 2.24) is 0 Å². The van der Waals surface area contributed by atoms with E-state index < -0.39 is 11.4 Å². The van der Waals surface area contributed by atoms with Crippen LogP contribution in [0.2, 0.25) is 0 Å². The van der Waals surface area contributed by atoms with Crippen molar-refractivity contribution in [1.29, 1.82) is 0 Å². The van der Waals surface area contributed by atoms with Crippen molar-refractivity contribution >= 4 is 33.6 Å². The second kappa shape index (κ2) is 7.11. The SMILES string of the molecule is NC(=O)C(N)(CCSc1cccc(Br)c1)c1ccccc1. The van der Waals surface area contributed by atoms with E-state index >= 15 is 0 Å². The van der Waals surface area contributed by atoms with Crippen LogP contribution >= 0.6 is 27.7 Å². The molecule has 0 saturated heterocycles. The van der Waals surface area contributed by atoms with Gasteiger partial charge < -0.3 is 11.5 Å². The van der Waals surface area contributed by atoms with Crippen LogP contribution in [0.3, 0.4) is 0 Å². The minimum atomic E-state index is -1.12. The third-order valence-corrected chi connectivity index (χ3v) is 4.78. The second-order valence-corrected chi connectivity index (χ2v) is 6.84. The number of thioether (sulfide) groups is 1. The molecular weight excluding hydrogens is 348 g/mol. The number of carbonyl (C=O) groups is 1. The van der Waals surface area contributed by atoms with E-state index in [1.807, 2.05) is 54.6 Å². The van der Waals surface area contributed by atoms with Crippen LogP contribution < -0.4 is 11.5 Å². The molecule has 0 aliphatic heterocycles. The fourth-order valence-corrected chi connectivity index (χ4v) is 3.63. The van der Waals surface area contributed by atoms with Gasteiger partial charge in [-0.05, 0) is 30.2 Å². The van der Waals surface area contributed by atoms with E-state index in [0.29, 0.717) is 12.2 Å². The van der Waals surface area contributed by atoms with Crippen molar-refractivity contribution in [2.75, 3.05) is 5.75 Å². The molecule has 21 heavy (non-hydrogen) atoms. The lowest BCUT2D eigenvalue weighted by atomic mass is 9.88. The van der Waals surface area contributed by atoms with E-state index in [2.05, 4.69) is 15.9 Å². The highest BCUT2D eigenvalue weighted by molar-refractivity contribution is 9.10. The van der Waals surface area contributed by atoms with E-state index in [1.54, 1.807) is 11.8 Å². The first-order chi connectivity index (χ1) is 10.0. The smallest absolute Gasteiger partial charge is 0.242 e. The Balaban J connectivity index is 2.06. The average Bonchev–Trinajstić information content (AvgIpc) is 2.48. The molecule has 1 amide bonds. The fraction of sp³-hybridized carbons (Fsp3) is 0.188. The summed E-state index contributed by atoms with van der Waals surface area (Å²) in [6.07, 6.45) is 0.490. The molecule has 2 aromatic rings. The first-order valence-corrected chi connectivity index (χ1v) is 8.33. The highest BCUT2D eigenvalue weighted by Crippen LogP contribution is 2.28. The van der Waals surface area contributed by atoms with Crippen molar-refractivity contribution in [2.45, 2.75) is 16.9 Å². The Kier molecular flexibility index (Phi) is 5.45. The molecule has 0 spiro atoms. The van der Waals surface area contributed by atoms with Crippen LogP contribution in [-0.4, -0.2) is 11.7 Å². The normalized spacial score (nSPS) is 13.6. The summed E-state index contributed by atoms with van der Waals surface area (Å²) in [6.45, 7) is 0. The first kappa shape index (κ1) is 16.1. The van der Waals surface area contributed by atoms with Crippen LogP contribution in [0.1, 0.15) is 12.0 Å². The minimum Gasteiger partial charge on any atom is -0.368 e. The maximum absolute atomic E-state index is 11.8. The number of halogens is 1. The summed E-state index contributed by atoms with van der Waals surface area (Å²) in [5.74, 6) is 0.216. The van der Waals surface area contributed by atoms with E-state index in [-0.39, 0.29) is 0 Å². The molecule has 0 heterocycles. The van der Waals surface area contributed by atoms with Crippen LogP contribution in [0.5, 0.6) is 0 Å². The van der Waals surface area contributed by atoms with Crippen LogP contribution in [0.25, 0.3) is 0 Å². The van der Waals surface area contributed by atoms with Gasteiger partial charge in [-0.3, -0.25) is 4.79 Å². The molecule has 0 radical (unpaired) electrons. The zero-order chi connectivity index (χ0) is 15.3. The number of carbonyl (C=O) groups excluding carboxylic acids is 1. The lowest BCUT2D eigenvalue weighted by Gasteiger charge is -2.26. The van der Waals surface area contributed by atoms with Gasteiger partial charge in [-0.25, -0.2) is 0 Å². The Morgan fingerprint density at radius 3 is 2.48 bits per heavy atom. The van der Waals surface area contributed by atoms with Crippen molar-refractivity contribution in [3.05, 3.63) is 64.6 Å². The summed E-state index contributed by atoms with van der Waals surface area (Å²) < 4.78 is 1.03. The molecule has 0 bridgehead atoms. The van der Waals surface area contributed by atoms with Crippen LogP contribution in [0.4, 0.5) is 0 Å². The molecule has 0 saturated carbocycles. The Hall–Kier alpha value is -1.30. The summed E-state index contributed by atoms with van der Waals surface area (Å²) >= 11 is 5.10. The molecule has 4 N–H and O–H groups in total. The fourth-order valence-electron chi connectivity index (χ4n) is 2.03. The molecule has 110 valence electrons. The van der Waals surface area contributed by atoms with E-state index in [9.17, 15) is 4.79 Å². The maximum Gasteiger partial charge on any atom is 0.242 e. The monoisotopic (exact) mass is 364 g/mol. The largest absolute Gasteiger partial charge is 0.368 e. The van der Waals surface area contributed by atoms with E-state index in [0.717, 1.165) is 14.9 Å². The standard InChI is InChI=1S/C16H17BrN2OS/c17-13-7-4-8-14(11-13)21-10-9-16(19,15(18)20)12-5-2-1-3-6-12/h1-8,11H,9-10,19H2,(H2,18,20). The van der Waals surface area contributed by atoms with Crippen molar-refractivity contribution in [3.8, 4) is 0 Å². The van der Waals surface area contributed by atoms with Crippen molar-refractivity contribution < 1.29 is 4.79 Å². The van der Waals surface area contributed by atoms with Gasteiger partial charge in [-0.1, -0.05) is 52.3 Å². The zero-order valence-electron chi connectivity index (χ0n) is 11.5. The Labute approximate surface area is 137 Å².